The first-order valence-corrected chi connectivity index (χ1v) is 17.2. The molecular formula is C38H32BrN3O5S. The predicted octanol–water partition coefficient (Wildman–Crippen LogP) is 6.95. The number of ether oxygens (including phenoxy) is 3. The monoisotopic (exact) mass is 721 g/mol. The molecule has 4 aromatic carbocycles. The quantitative estimate of drug-likeness (QED) is 0.145. The maximum atomic E-state index is 14.4. The summed E-state index contributed by atoms with van der Waals surface area (Å²) in [6.45, 7) is 4.22. The third-order valence-electron chi connectivity index (χ3n) is 8.09. The van der Waals surface area contributed by atoms with E-state index in [9.17, 15) is 14.9 Å². The number of nitriles is 1. The Morgan fingerprint density at radius 1 is 1.06 bits per heavy atom. The van der Waals surface area contributed by atoms with Crippen molar-refractivity contribution in [2.45, 2.75) is 39.3 Å². The lowest BCUT2D eigenvalue weighted by atomic mass is 9.90. The molecule has 0 saturated heterocycles. The Kier molecular flexibility index (Phi) is 9.90. The molecule has 8 nitrogen and oxygen atoms in total. The number of carbonyl (C=O) groups is 1. The van der Waals surface area contributed by atoms with Gasteiger partial charge in [0, 0.05) is 11.1 Å². The molecule has 0 radical (unpaired) electrons. The highest BCUT2D eigenvalue weighted by Gasteiger charge is 2.37. The second-order valence-electron chi connectivity index (χ2n) is 11.1. The molecule has 1 aliphatic rings. The lowest BCUT2D eigenvalue weighted by Crippen LogP contribution is -2.40. The van der Waals surface area contributed by atoms with E-state index in [0.29, 0.717) is 54.1 Å². The third-order valence-corrected chi connectivity index (χ3v) is 9.69. The number of carbonyl (C=O) groups excluding carboxylic acids is 1. The Balaban J connectivity index is 1.49. The van der Waals surface area contributed by atoms with Crippen LogP contribution in [0.4, 0.5) is 0 Å². The molecule has 1 aromatic heterocycles. The normalized spacial score (nSPS) is 14.3. The first-order valence-electron chi connectivity index (χ1n) is 15.6. The number of thiazole rings is 1. The van der Waals surface area contributed by atoms with Gasteiger partial charge in [-0.05, 0) is 76.0 Å². The van der Waals surface area contributed by atoms with Crippen LogP contribution in [0.2, 0.25) is 0 Å². The van der Waals surface area contributed by atoms with Crippen molar-refractivity contribution in [3.05, 3.63) is 137 Å². The molecule has 0 fully saturated rings. The molecule has 10 heteroatoms. The fourth-order valence-electron chi connectivity index (χ4n) is 5.92. The van der Waals surface area contributed by atoms with E-state index in [4.69, 9.17) is 19.2 Å². The Hall–Kier alpha value is -4.98. The number of esters is 1. The number of aromatic nitrogens is 1. The zero-order valence-corrected chi connectivity index (χ0v) is 29.1. The number of halogens is 1. The van der Waals surface area contributed by atoms with Gasteiger partial charge in [0.05, 0.1) is 45.6 Å². The van der Waals surface area contributed by atoms with Gasteiger partial charge >= 0.3 is 5.97 Å². The van der Waals surface area contributed by atoms with Crippen LogP contribution in [0.5, 0.6) is 11.5 Å². The highest BCUT2D eigenvalue weighted by atomic mass is 79.9. The van der Waals surface area contributed by atoms with Crippen molar-refractivity contribution >= 4 is 50.1 Å². The van der Waals surface area contributed by atoms with Gasteiger partial charge in [-0.25, -0.2) is 9.79 Å². The largest absolute Gasteiger partial charge is 0.496 e. The van der Waals surface area contributed by atoms with Crippen molar-refractivity contribution in [3.63, 3.8) is 0 Å². The van der Waals surface area contributed by atoms with Crippen LogP contribution in [0.25, 0.3) is 16.8 Å². The zero-order chi connectivity index (χ0) is 33.8. The molecular weight excluding hydrogens is 690 g/mol. The van der Waals surface area contributed by atoms with Gasteiger partial charge in [0.15, 0.2) is 4.80 Å². The van der Waals surface area contributed by atoms with Crippen molar-refractivity contribution in [1.82, 2.24) is 4.57 Å². The van der Waals surface area contributed by atoms with Crippen molar-refractivity contribution in [2.24, 2.45) is 4.99 Å². The highest BCUT2D eigenvalue weighted by molar-refractivity contribution is 9.10. The fraction of sp³-hybridized carbons (Fsp3) is 0.211. The van der Waals surface area contributed by atoms with Crippen LogP contribution >= 0.6 is 27.3 Å². The second-order valence-corrected chi connectivity index (χ2v) is 12.9. The summed E-state index contributed by atoms with van der Waals surface area (Å²) in [5.41, 5.74) is 3.50. The maximum absolute atomic E-state index is 14.4. The van der Waals surface area contributed by atoms with Crippen LogP contribution in [0.15, 0.2) is 104 Å². The number of nitrogens with zero attached hydrogens (tertiary/aromatic N) is 3. The summed E-state index contributed by atoms with van der Waals surface area (Å²) in [5.74, 6) is 0.660. The topological polar surface area (TPSA) is 103 Å². The van der Waals surface area contributed by atoms with Gasteiger partial charge < -0.3 is 14.2 Å². The van der Waals surface area contributed by atoms with E-state index < -0.39 is 12.0 Å². The molecule has 0 saturated carbocycles. The summed E-state index contributed by atoms with van der Waals surface area (Å²) < 4.78 is 20.2. The summed E-state index contributed by atoms with van der Waals surface area (Å²) in [6.07, 6.45) is 3.10. The van der Waals surface area contributed by atoms with Gasteiger partial charge in [-0.1, -0.05) is 79.3 Å². The Morgan fingerprint density at radius 3 is 2.58 bits per heavy atom. The van der Waals surface area contributed by atoms with Gasteiger partial charge in [0.25, 0.3) is 5.56 Å². The van der Waals surface area contributed by atoms with Crippen LogP contribution in [0.3, 0.4) is 0 Å². The number of benzene rings is 4. The van der Waals surface area contributed by atoms with E-state index in [0.717, 1.165) is 28.3 Å². The van der Waals surface area contributed by atoms with Gasteiger partial charge in [0.1, 0.15) is 24.1 Å². The van der Waals surface area contributed by atoms with E-state index in [1.165, 1.54) is 11.3 Å². The minimum atomic E-state index is -0.816. The van der Waals surface area contributed by atoms with E-state index in [2.05, 4.69) is 22.0 Å². The molecule has 0 aliphatic carbocycles. The second kappa shape index (κ2) is 14.4. The summed E-state index contributed by atoms with van der Waals surface area (Å²) in [6, 6.07) is 26.0. The molecule has 0 bridgehead atoms. The maximum Gasteiger partial charge on any atom is 0.338 e. The third kappa shape index (κ3) is 6.31. The summed E-state index contributed by atoms with van der Waals surface area (Å²) >= 11 is 4.88. The molecule has 242 valence electrons. The average molecular weight is 723 g/mol. The number of hydrogen-bond acceptors (Lipinski definition) is 8. The molecule has 1 atom stereocenters. The molecule has 48 heavy (non-hydrogen) atoms. The van der Waals surface area contributed by atoms with Gasteiger partial charge in [-0.15, -0.1) is 0 Å². The number of hydrogen-bond donors (Lipinski definition) is 0. The molecule has 1 aliphatic heterocycles. The summed E-state index contributed by atoms with van der Waals surface area (Å²) in [7, 11) is 1.59. The fourth-order valence-corrected chi connectivity index (χ4v) is 7.45. The minimum Gasteiger partial charge on any atom is -0.496 e. The molecule has 0 N–H and O–H groups in total. The van der Waals surface area contributed by atoms with Crippen molar-refractivity contribution in [1.29, 1.82) is 5.26 Å². The van der Waals surface area contributed by atoms with Crippen molar-refractivity contribution < 1.29 is 19.0 Å². The molecule has 6 rings (SSSR count). The number of allylic oxidation sites excluding steroid dienone is 1. The number of methoxy groups -OCH3 is 1. The molecule has 0 spiro atoms. The molecule has 0 amide bonds. The van der Waals surface area contributed by atoms with E-state index in [1.807, 2.05) is 85.8 Å². The predicted molar refractivity (Wildman–Crippen MR) is 190 cm³/mol. The molecule has 2 heterocycles. The lowest BCUT2D eigenvalue weighted by molar-refractivity contribution is -0.139. The van der Waals surface area contributed by atoms with Crippen LogP contribution < -0.4 is 24.4 Å². The Morgan fingerprint density at radius 2 is 1.83 bits per heavy atom. The van der Waals surface area contributed by atoms with Crippen LogP contribution in [0, 0.1) is 11.3 Å². The van der Waals surface area contributed by atoms with Crippen LogP contribution in [-0.4, -0.2) is 24.3 Å². The van der Waals surface area contributed by atoms with Gasteiger partial charge in [0.2, 0.25) is 0 Å². The zero-order valence-electron chi connectivity index (χ0n) is 26.7. The number of rotatable bonds is 10. The summed E-state index contributed by atoms with van der Waals surface area (Å²) in [4.78, 5) is 33.5. The smallest absolute Gasteiger partial charge is 0.338 e. The first-order chi connectivity index (χ1) is 23.4. The lowest BCUT2D eigenvalue weighted by Gasteiger charge is -2.28. The van der Waals surface area contributed by atoms with E-state index in [-0.39, 0.29) is 18.8 Å². The Labute approximate surface area is 290 Å². The average Bonchev–Trinajstić information content (AvgIpc) is 3.40. The molecule has 5 aromatic rings. The Bertz CT molecular complexity index is 2300. The molecule has 0 unspecified atom stereocenters. The highest BCUT2D eigenvalue weighted by Crippen LogP contribution is 2.41. The summed E-state index contributed by atoms with van der Waals surface area (Å²) in [5, 5.41) is 11.2. The van der Waals surface area contributed by atoms with Gasteiger partial charge in [-0.2, -0.15) is 5.26 Å². The van der Waals surface area contributed by atoms with E-state index >= 15 is 0 Å². The van der Waals surface area contributed by atoms with Gasteiger partial charge in [-0.3, -0.25) is 9.36 Å². The van der Waals surface area contributed by atoms with Crippen molar-refractivity contribution in [2.75, 3.05) is 13.7 Å². The van der Waals surface area contributed by atoms with Crippen molar-refractivity contribution in [3.8, 4) is 17.6 Å². The minimum absolute atomic E-state index is 0.185. The first kappa shape index (κ1) is 32.9. The van der Waals surface area contributed by atoms with Crippen LogP contribution in [-0.2, 0) is 16.1 Å². The number of fused-ring (bicyclic) bond motifs is 2. The van der Waals surface area contributed by atoms with Crippen LogP contribution in [0.1, 0.15) is 55.0 Å². The standard InChI is InChI=1S/C38H32BrN3O5S/c1-4-10-29-34(37(44)46-5-2)35(33-27-14-9-8-11-24(27)16-18-31(33)45-3)42-36(43)32(48-38(42)41-29)20-23-15-17-30(28(39)19-23)47-22-26-13-7-6-12-25(26)21-40/h6-9,11-20,35H,4-5,10,22H2,1-3H3/b32-20+/t35-/m1/s1. The van der Waals surface area contributed by atoms with E-state index in [1.54, 1.807) is 24.7 Å². The SMILES string of the molecule is CCCC1=C(C(=O)OCC)[C@@H](c2c(OC)ccc3ccccc23)n2c(s/c(=C/c3ccc(OCc4ccccc4C#N)c(Br)c3)c2=O)=N1.